The Morgan fingerprint density at radius 1 is 0.500 bits per heavy atom. The second-order valence-electron chi connectivity index (χ2n) is 3.88. The predicted molar refractivity (Wildman–Crippen MR) is 99.4 cm³/mol. The molecule has 0 saturated heterocycles. The zero-order chi connectivity index (χ0) is 13.2. The van der Waals surface area contributed by atoms with Crippen LogP contribution in [0.25, 0.3) is 0 Å². The number of hydrogen-bond acceptors (Lipinski definition) is 0. The maximum absolute atomic E-state index is 3.97. The summed E-state index contributed by atoms with van der Waals surface area (Å²) in [4.78, 5) is -3.90. The first-order valence-electron chi connectivity index (χ1n) is 5.33. The molecular formula is C12H10Br4Si2. The standard InChI is InChI=1S/C12H10Br4Si2/c13-17(14,11-7-3-1-4-8-11)18(15,16)12-9-5-2-6-10-12/h1-10H. The summed E-state index contributed by atoms with van der Waals surface area (Å²) in [5.74, 6) is 0. The van der Waals surface area contributed by atoms with E-state index >= 15 is 0 Å². The van der Waals surface area contributed by atoms with Crippen LogP contribution in [0.1, 0.15) is 0 Å². The molecule has 2 aromatic rings. The minimum atomic E-state index is -1.95. The molecule has 0 aliphatic carbocycles. The average molecular weight is 530 g/mol. The fourth-order valence-electron chi connectivity index (χ4n) is 1.66. The number of benzene rings is 2. The van der Waals surface area contributed by atoms with Crippen molar-refractivity contribution in [2.45, 2.75) is 0 Å². The number of hydrogen-bond donors (Lipinski definition) is 0. The fourth-order valence-corrected chi connectivity index (χ4v) is 18.2. The molecule has 18 heavy (non-hydrogen) atoms. The van der Waals surface area contributed by atoms with Gasteiger partial charge in [-0.1, -0.05) is 60.7 Å². The lowest BCUT2D eigenvalue weighted by Crippen LogP contribution is -2.61. The lowest BCUT2D eigenvalue weighted by atomic mass is 10.4. The van der Waals surface area contributed by atoms with Crippen LogP contribution in [-0.2, 0) is 0 Å². The molecule has 0 aliphatic rings. The van der Waals surface area contributed by atoms with Crippen LogP contribution in [0.2, 0.25) is 0 Å². The Kier molecular flexibility index (Phi) is 5.11. The quantitative estimate of drug-likeness (QED) is 0.410. The van der Waals surface area contributed by atoms with Gasteiger partial charge in [-0.3, -0.25) is 0 Å². The Morgan fingerprint density at radius 2 is 0.778 bits per heavy atom. The summed E-state index contributed by atoms with van der Waals surface area (Å²) in [6.07, 6.45) is 0. The molecule has 94 valence electrons. The molecule has 0 heterocycles. The van der Waals surface area contributed by atoms with Crippen molar-refractivity contribution in [3.05, 3.63) is 60.7 Å². The van der Waals surface area contributed by atoms with Gasteiger partial charge in [0.25, 0.3) is 0 Å². The Balaban J connectivity index is 2.47. The van der Waals surface area contributed by atoms with Gasteiger partial charge in [-0.15, -0.1) is 61.2 Å². The maximum Gasteiger partial charge on any atom is 0.249 e. The smallest absolute Gasteiger partial charge is 0.106 e. The van der Waals surface area contributed by atoms with Gasteiger partial charge in [0.2, 0.25) is 9.66 Å². The molecule has 6 heteroatoms. The molecular weight excluding hydrogens is 520 g/mol. The maximum atomic E-state index is 3.97. The van der Waals surface area contributed by atoms with Gasteiger partial charge < -0.3 is 0 Å². The van der Waals surface area contributed by atoms with E-state index in [-0.39, 0.29) is 0 Å². The molecule has 0 aromatic heterocycles. The van der Waals surface area contributed by atoms with Crippen LogP contribution in [0, 0.1) is 0 Å². The Bertz CT molecular complexity index is 465. The third-order valence-corrected chi connectivity index (χ3v) is 55.7. The van der Waals surface area contributed by atoms with Gasteiger partial charge in [-0.05, 0) is 10.4 Å². The van der Waals surface area contributed by atoms with Crippen LogP contribution in [0.4, 0.5) is 0 Å². The van der Waals surface area contributed by atoms with E-state index in [2.05, 4.69) is 110 Å². The second-order valence-corrected chi connectivity index (χ2v) is 41.3. The third-order valence-electron chi connectivity index (χ3n) is 2.67. The van der Waals surface area contributed by atoms with E-state index in [0.29, 0.717) is 0 Å². The molecule has 0 fully saturated rings. The number of rotatable bonds is 3. The Morgan fingerprint density at radius 3 is 1.06 bits per heavy atom. The van der Waals surface area contributed by atoms with Crippen molar-refractivity contribution >= 4 is 81.2 Å². The molecule has 0 radical (unpaired) electrons. The van der Waals surface area contributed by atoms with Crippen molar-refractivity contribution in [3.63, 3.8) is 0 Å². The Labute approximate surface area is 140 Å². The summed E-state index contributed by atoms with van der Waals surface area (Å²) in [6.45, 7) is 0. The van der Waals surface area contributed by atoms with Crippen LogP contribution in [0.5, 0.6) is 0 Å². The van der Waals surface area contributed by atoms with Crippen molar-refractivity contribution in [2.75, 3.05) is 0 Å². The van der Waals surface area contributed by atoms with Crippen molar-refractivity contribution in [3.8, 4) is 0 Å². The normalized spacial score (nSPS) is 12.4. The van der Waals surface area contributed by atoms with Crippen molar-refractivity contribution in [1.29, 1.82) is 0 Å². The van der Waals surface area contributed by atoms with Crippen molar-refractivity contribution < 1.29 is 0 Å². The minimum absolute atomic E-state index is 1.33. The lowest BCUT2D eigenvalue weighted by Gasteiger charge is -2.31. The summed E-state index contributed by atoms with van der Waals surface area (Å²) < 4.78 is 0. The van der Waals surface area contributed by atoms with E-state index < -0.39 is 9.66 Å². The lowest BCUT2D eigenvalue weighted by molar-refractivity contribution is 1.76. The van der Waals surface area contributed by atoms with Crippen LogP contribution in [-0.4, -0.2) is 9.66 Å². The molecule has 0 bridgehead atoms. The van der Waals surface area contributed by atoms with Crippen molar-refractivity contribution in [2.24, 2.45) is 0 Å². The van der Waals surface area contributed by atoms with E-state index in [1.807, 2.05) is 12.1 Å². The average Bonchev–Trinajstić information content (AvgIpc) is 2.40. The fraction of sp³-hybridized carbons (Fsp3) is 0. The van der Waals surface area contributed by atoms with Gasteiger partial charge in [0.05, 0.1) is 0 Å². The monoisotopic (exact) mass is 526 g/mol. The first kappa shape index (κ1) is 15.2. The van der Waals surface area contributed by atoms with Gasteiger partial charge in [-0.2, -0.15) is 0 Å². The third kappa shape index (κ3) is 2.93. The highest BCUT2D eigenvalue weighted by atomic mass is 79.9. The molecule has 0 atom stereocenters. The summed E-state index contributed by atoms with van der Waals surface area (Å²) >= 11 is 15.9. The molecule has 0 amide bonds. The zero-order valence-electron chi connectivity index (χ0n) is 9.29. The molecule has 0 nitrogen and oxygen atoms in total. The highest BCUT2D eigenvalue weighted by molar-refractivity contribution is 9.67. The molecule has 0 aliphatic heterocycles. The summed E-state index contributed by atoms with van der Waals surface area (Å²) in [7, 11) is 0. The molecule has 2 rings (SSSR count). The number of halogens is 4. The molecule has 0 saturated carbocycles. The summed E-state index contributed by atoms with van der Waals surface area (Å²) in [5, 5.41) is 2.66. The van der Waals surface area contributed by atoms with E-state index in [1.165, 1.54) is 10.4 Å². The highest BCUT2D eigenvalue weighted by Gasteiger charge is 2.53. The summed E-state index contributed by atoms with van der Waals surface area (Å²) in [5.41, 5.74) is 0. The van der Waals surface area contributed by atoms with Crippen LogP contribution in [0.3, 0.4) is 0 Å². The van der Waals surface area contributed by atoms with E-state index in [0.717, 1.165) is 0 Å². The van der Waals surface area contributed by atoms with E-state index in [4.69, 9.17) is 0 Å². The molecule has 0 unspecified atom stereocenters. The Hall–Kier alpha value is 0.794. The molecule has 2 aromatic carbocycles. The minimum Gasteiger partial charge on any atom is -0.106 e. The van der Waals surface area contributed by atoms with Gasteiger partial charge in [0.15, 0.2) is 0 Å². The van der Waals surface area contributed by atoms with Crippen LogP contribution < -0.4 is 10.4 Å². The molecule has 0 spiro atoms. The van der Waals surface area contributed by atoms with Crippen molar-refractivity contribution in [1.82, 2.24) is 0 Å². The predicted octanol–water partition coefficient (Wildman–Crippen LogP) is 4.34. The first-order valence-corrected chi connectivity index (χ1v) is 19.4. The van der Waals surface area contributed by atoms with Gasteiger partial charge >= 0.3 is 0 Å². The largest absolute Gasteiger partial charge is 0.249 e. The zero-order valence-corrected chi connectivity index (χ0v) is 17.6. The SMILES string of the molecule is Br[Si](Br)(c1ccccc1)[Si](Br)(Br)c1ccccc1. The second kappa shape index (κ2) is 6.05. The first-order chi connectivity index (χ1) is 8.46. The van der Waals surface area contributed by atoms with Gasteiger partial charge in [0, 0.05) is 0 Å². The van der Waals surface area contributed by atoms with E-state index in [1.54, 1.807) is 0 Å². The van der Waals surface area contributed by atoms with Gasteiger partial charge in [0.1, 0.15) is 0 Å². The summed E-state index contributed by atoms with van der Waals surface area (Å²) in [6, 6.07) is 21.1. The van der Waals surface area contributed by atoms with E-state index in [9.17, 15) is 0 Å². The molecule has 0 N–H and O–H groups in total. The highest BCUT2D eigenvalue weighted by Crippen LogP contribution is 2.39. The van der Waals surface area contributed by atoms with Crippen LogP contribution >= 0.6 is 61.2 Å². The van der Waals surface area contributed by atoms with Crippen LogP contribution in [0.15, 0.2) is 60.7 Å². The topological polar surface area (TPSA) is 0 Å². The van der Waals surface area contributed by atoms with Gasteiger partial charge in [-0.25, -0.2) is 0 Å².